The van der Waals surface area contributed by atoms with Crippen LogP contribution in [0.1, 0.15) is 31.1 Å². The summed E-state index contributed by atoms with van der Waals surface area (Å²) in [6, 6.07) is 14.4. The molecule has 0 unspecified atom stereocenters. The maximum atomic E-state index is 12.5. The highest BCUT2D eigenvalue weighted by Crippen LogP contribution is 2.24. The van der Waals surface area contributed by atoms with Gasteiger partial charge in [-0.1, -0.05) is 36.4 Å². The average molecular weight is 400 g/mol. The van der Waals surface area contributed by atoms with Crippen molar-refractivity contribution >= 4 is 37.9 Å². The van der Waals surface area contributed by atoms with Crippen LogP contribution >= 0.6 is 0 Å². The number of carbonyl (C=O) groups is 3. The van der Waals surface area contributed by atoms with Crippen LogP contribution in [0.25, 0.3) is 10.8 Å². The molecule has 28 heavy (non-hydrogen) atoms. The molecule has 3 aromatic carbocycles. The zero-order chi connectivity index (χ0) is 20.5. The van der Waals surface area contributed by atoms with E-state index in [0.717, 1.165) is 23.6 Å². The molecule has 0 heterocycles. The third kappa shape index (κ3) is 3.55. The summed E-state index contributed by atoms with van der Waals surface area (Å²) in [5.74, 6) is -3.50. The topological polar surface area (TPSA) is 135 Å². The highest BCUT2D eigenvalue weighted by molar-refractivity contribution is 8.02. The molecule has 3 rings (SSSR count). The summed E-state index contributed by atoms with van der Waals surface area (Å²) < 4.78 is 29.6. The van der Waals surface area contributed by atoms with Crippen molar-refractivity contribution < 1.29 is 37.2 Å². The Morgan fingerprint density at radius 1 is 0.750 bits per heavy atom. The molecule has 0 spiro atoms. The lowest BCUT2D eigenvalue weighted by atomic mass is 10.0. The Balaban J connectivity index is 2.02. The van der Waals surface area contributed by atoms with Crippen molar-refractivity contribution in [3.05, 3.63) is 77.4 Å². The van der Waals surface area contributed by atoms with E-state index in [1.165, 1.54) is 12.1 Å². The largest absolute Gasteiger partial charge is 0.478 e. The molecule has 9 heteroatoms. The van der Waals surface area contributed by atoms with Gasteiger partial charge in [0.05, 0.1) is 16.7 Å². The molecule has 0 saturated carbocycles. The van der Waals surface area contributed by atoms with E-state index in [1.807, 2.05) is 0 Å². The molecule has 0 fully saturated rings. The number of carboxylic acids is 2. The Morgan fingerprint density at radius 2 is 1.39 bits per heavy atom. The van der Waals surface area contributed by atoms with Crippen LogP contribution in [0, 0.1) is 0 Å². The van der Waals surface area contributed by atoms with E-state index in [2.05, 4.69) is 0 Å². The summed E-state index contributed by atoms with van der Waals surface area (Å²) >= 11 is 0. The molecule has 0 saturated heterocycles. The highest BCUT2D eigenvalue weighted by atomic mass is 32.2. The van der Waals surface area contributed by atoms with Crippen molar-refractivity contribution in [1.29, 1.82) is 0 Å². The van der Waals surface area contributed by atoms with Gasteiger partial charge in [0.15, 0.2) is 0 Å². The van der Waals surface area contributed by atoms with E-state index in [0.29, 0.717) is 5.39 Å². The lowest BCUT2D eigenvalue weighted by Gasteiger charge is -2.10. The summed E-state index contributed by atoms with van der Waals surface area (Å²) in [6.45, 7) is 0. The quantitative estimate of drug-likeness (QED) is 0.624. The fourth-order valence-corrected chi connectivity index (χ4v) is 3.52. The Morgan fingerprint density at radius 3 is 2.04 bits per heavy atom. The van der Waals surface area contributed by atoms with Gasteiger partial charge in [-0.05, 0) is 35.0 Å². The molecule has 3 aromatic rings. The minimum Gasteiger partial charge on any atom is -0.478 e. The molecular weight excluding hydrogens is 388 g/mol. The highest BCUT2D eigenvalue weighted by Gasteiger charge is 2.32. The van der Waals surface area contributed by atoms with Crippen molar-refractivity contribution in [3.8, 4) is 5.75 Å². The van der Waals surface area contributed by atoms with Crippen LogP contribution in [0.5, 0.6) is 5.75 Å². The minimum atomic E-state index is -4.93. The number of carbonyl (C=O) groups excluding carboxylic acids is 1. The molecule has 0 aromatic heterocycles. The summed E-state index contributed by atoms with van der Waals surface area (Å²) in [5.41, 5.74) is -2.43. The fraction of sp³-hybridized carbons (Fsp3) is 0. The molecule has 0 aliphatic rings. The van der Waals surface area contributed by atoms with Gasteiger partial charge < -0.3 is 14.4 Å². The predicted molar refractivity (Wildman–Crippen MR) is 98.2 cm³/mol. The molecule has 0 atom stereocenters. The number of hydrogen-bond donors (Lipinski definition) is 2. The first-order chi connectivity index (χ1) is 13.2. The van der Waals surface area contributed by atoms with Crippen LogP contribution in [0.4, 0.5) is 0 Å². The molecule has 0 bridgehead atoms. The monoisotopic (exact) mass is 400 g/mol. The van der Waals surface area contributed by atoms with Crippen LogP contribution in [0.2, 0.25) is 0 Å². The molecule has 142 valence electrons. The van der Waals surface area contributed by atoms with E-state index in [1.54, 1.807) is 30.3 Å². The van der Waals surface area contributed by atoms with Crippen LogP contribution < -0.4 is 4.18 Å². The lowest BCUT2D eigenvalue weighted by molar-refractivity contribution is 0.0650. The van der Waals surface area contributed by atoms with Crippen molar-refractivity contribution in [3.63, 3.8) is 0 Å². The van der Waals surface area contributed by atoms with Crippen LogP contribution in [-0.4, -0.2) is 35.7 Å². The third-order valence-corrected chi connectivity index (χ3v) is 4.97. The Kier molecular flexibility index (Phi) is 4.85. The van der Waals surface area contributed by atoms with Crippen molar-refractivity contribution in [1.82, 2.24) is 0 Å². The van der Waals surface area contributed by atoms with E-state index < -0.39 is 43.9 Å². The fourth-order valence-electron chi connectivity index (χ4n) is 2.65. The van der Waals surface area contributed by atoms with Crippen molar-refractivity contribution in [2.24, 2.45) is 0 Å². The summed E-state index contributed by atoms with van der Waals surface area (Å²) in [6.07, 6.45) is 0. The molecular formula is C19H12O8S. The second kappa shape index (κ2) is 7.12. The van der Waals surface area contributed by atoms with Gasteiger partial charge in [-0.15, -0.1) is 0 Å². The number of benzene rings is 3. The van der Waals surface area contributed by atoms with Gasteiger partial charge >= 0.3 is 27.2 Å². The SMILES string of the molecule is O=C(O)c1cccc(C(=O)S(=O)(=O)Oc2ccc3ccccc3c2)c1C(=O)O. The molecule has 2 N–H and O–H groups in total. The van der Waals surface area contributed by atoms with Gasteiger partial charge in [0.25, 0.3) is 0 Å². The van der Waals surface area contributed by atoms with Crippen LogP contribution in [-0.2, 0) is 10.1 Å². The van der Waals surface area contributed by atoms with Gasteiger partial charge in [-0.3, -0.25) is 4.79 Å². The van der Waals surface area contributed by atoms with Gasteiger partial charge in [0.1, 0.15) is 5.75 Å². The molecule has 0 aliphatic heterocycles. The number of hydrogen-bond acceptors (Lipinski definition) is 6. The van der Waals surface area contributed by atoms with Crippen LogP contribution in [0.15, 0.2) is 60.7 Å². The maximum absolute atomic E-state index is 12.5. The second-order valence-corrected chi connectivity index (χ2v) is 7.12. The first-order valence-electron chi connectivity index (χ1n) is 7.78. The summed E-state index contributed by atoms with van der Waals surface area (Å²) in [7, 11) is -4.93. The molecule has 8 nitrogen and oxygen atoms in total. The first-order valence-corrected chi connectivity index (χ1v) is 9.19. The molecule has 0 radical (unpaired) electrons. The summed E-state index contributed by atoms with van der Waals surface area (Å²) in [5, 5.41) is 18.2. The molecule has 0 amide bonds. The number of rotatable bonds is 5. The third-order valence-electron chi connectivity index (χ3n) is 3.88. The lowest BCUT2D eigenvalue weighted by Crippen LogP contribution is -2.24. The standard InChI is InChI=1S/C19H12O8S/c20-17(21)14-6-3-7-15(16(14)18(22)23)19(24)28(25,26)27-13-9-8-11-4-1-2-5-12(11)10-13/h1-10H,(H,20,21)(H,22,23). The van der Waals surface area contributed by atoms with E-state index in [-0.39, 0.29) is 5.75 Å². The average Bonchev–Trinajstić information content (AvgIpc) is 2.66. The van der Waals surface area contributed by atoms with E-state index in [9.17, 15) is 27.9 Å². The summed E-state index contributed by atoms with van der Waals surface area (Å²) in [4.78, 5) is 35.1. The second-order valence-electron chi connectivity index (χ2n) is 5.67. The number of fused-ring (bicyclic) bond motifs is 1. The number of carboxylic acid groups (broad SMARTS) is 2. The first kappa shape index (κ1) is 19.1. The van der Waals surface area contributed by atoms with Gasteiger partial charge in [0, 0.05) is 0 Å². The molecule has 0 aliphatic carbocycles. The van der Waals surface area contributed by atoms with E-state index >= 15 is 0 Å². The van der Waals surface area contributed by atoms with Crippen LogP contribution in [0.3, 0.4) is 0 Å². The Bertz CT molecular complexity index is 1230. The van der Waals surface area contributed by atoms with Crippen molar-refractivity contribution in [2.45, 2.75) is 0 Å². The Labute approximate surface area is 158 Å². The van der Waals surface area contributed by atoms with Gasteiger partial charge in [-0.25, -0.2) is 9.59 Å². The minimum absolute atomic E-state index is 0.140. The van der Waals surface area contributed by atoms with E-state index in [4.69, 9.17) is 9.29 Å². The maximum Gasteiger partial charge on any atom is 0.378 e. The smallest absolute Gasteiger partial charge is 0.378 e. The van der Waals surface area contributed by atoms with Gasteiger partial charge in [0.2, 0.25) is 0 Å². The van der Waals surface area contributed by atoms with Crippen molar-refractivity contribution in [2.75, 3.05) is 0 Å². The Hall–Kier alpha value is -3.72. The number of aromatic carboxylic acids is 2. The zero-order valence-electron chi connectivity index (χ0n) is 14.0. The predicted octanol–water partition coefficient (Wildman–Crippen LogP) is 2.79. The zero-order valence-corrected chi connectivity index (χ0v) is 14.8. The normalized spacial score (nSPS) is 11.1. The van der Waals surface area contributed by atoms with Gasteiger partial charge in [-0.2, -0.15) is 8.42 Å².